The minimum atomic E-state index is -0.538. The van der Waals surface area contributed by atoms with Gasteiger partial charge in [-0.05, 0) is 30.2 Å². The lowest BCUT2D eigenvalue weighted by Gasteiger charge is -2.10. The van der Waals surface area contributed by atoms with Gasteiger partial charge in [0.25, 0.3) is 5.56 Å². The third-order valence-corrected chi connectivity index (χ3v) is 4.11. The van der Waals surface area contributed by atoms with Crippen LogP contribution >= 0.6 is 0 Å². The average molecular weight is 403 g/mol. The van der Waals surface area contributed by atoms with Crippen LogP contribution in [0.3, 0.4) is 0 Å². The highest BCUT2D eigenvalue weighted by atomic mass is 16.5. The van der Waals surface area contributed by atoms with Crippen LogP contribution in [0.15, 0.2) is 58.4 Å². The molecular formula is C22H21N5O3. The van der Waals surface area contributed by atoms with Crippen molar-refractivity contribution in [1.82, 2.24) is 9.97 Å². The molecule has 8 nitrogen and oxygen atoms in total. The highest BCUT2D eigenvalue weighted by molar-refractivity contribution is 5.81. The maximum Gasteiger partial charge on any atom is 0.270 e. The van der Waals surface area contributed by atoms with Crippen LogP contribution in [-0.4, -0.2) is 29.9 Å². The predicted octanol–water partition coefficient (Wildman–Crippen LogP) is 3.55. The van der Waals surface area contributed by atoms with Crippen LogP contribution in [-0.2, 0) is 0 Å². The van der Waals surface area contributed by atoms with E-state index in [2.05, 4.69) is 20.5 Å². The number of aromatic amines is 1. The number of nitriles is 1. The average Bonchev–Trinajstić information content (AvgIpc) is 2.78. The fourth-order valence-electron chi connectivity index (χ4n) is 2.70. The summed E-state index contributed by atoms with van der Waals surface area (Å²) in [6.45, 7) is 2.60. The van der Waals surface area contributed by atoms with Crippen LogP contribution in [0.1, 0.15) is 24.5 Å². The second-order valence-corrected chi connectivity index (χ2v) is 6.24. The number of anilines is 1. The van der Waals surface area contributed by atoms with E-state index in [1.54, 1.807) is 31.5 Å². The molecule has 0 atom stereocenters. The Labute approximate surface area is 173 Å². The number of hydrogen-bond donors (Lipinski definition) is 2. The maximum atomic E-state index is 12.3. The number of ether oxygens (including phenoxy) is 2. The zero-order valence-corrected chi connectivity index (χ0v) is 16.7. The summed E-state index contributed by atoms with van der Waals surface area (Å²) in [6, 6.07) is 16.4. The first-order valence-corrected chi connectivity index (χ1v) is 9.36. The number of nitrogens with one attached hydrogen (secondary N) is 2. The molecule has 0 spiro atoms. The zero-order chi connectivity index (χ0) is 21.3. The van der Waals surface area contributed by atoms with E-state index < -0.39 is 5.56 Å². The summed E-state index contributed by atoms with van der Waals surface area (Å²) < 4.78 is 11.0. The lowest BCUT2D eigenvalue weighted by Crippen LogP contribution is -2.16. The zero-order valence-electron chi connectivity index (χ0n) is 16.7. The van der Waals surface area contributed by atoms with Crippen LogP contribution in [0.25, 0.3) is 11.3 Å². The number of rotatable bonds is 8. The van der Waals surface area contributed by atoms with Crippen LogP contribution in [0.2, 0.25) is 0 Å². The van der Waals surface area contributed by atoms with Crippen molar-refractivity contribution in [3.05, 3.63) is 70.0 Å². The first-order valence-electron chi connectivity index (χ1n) is 9.36. The van der Waals surface area contributed by atoms with Crippen molar-refractivity contribution in [3.8, 4) is 28.8 Å². The molecule has 2 N–H and O–H groups in total. The predicted molar refractivity (Wildman–Crippen MR) is 115 cm³/mol. The minimum Gasteiger partial charge on any atom is -0.493 e. The number of nitrogens with zero attached hydrogens (tertiary/aromatic N) is 3. The molecule has 3 rings (SSSR count). The monoisotopic (exact) mass is 403 g/mol. The van der Waals surface area contributed by atoms with Crippen molar-refractivity contribution >= 4 is 12.2 Å². The fraction of sp³-hybridized carbons (Fsp3) is 0.182. The number of hydrazone groups is 1. The Morgan fingerprint density at radius 1 is 1.23 bits per heavy atom. The minimum absolute atomic E-state index is 0.0522. The number of hydrogen-bond acceptors (Lipinski definition) is 7. The Bertz CT molecular complexity index is 1130. The SMILES string of the molecule is CCCOc1cc(C=NNc2nc(-c3ccccc3)c(C#N)c(=O)[nH]2)ccc1OC. The van der Waals surface area contributed by atoms with Crippen molar-refractivity contribution < 1.29 is 9.47 Å². The topological polar surface area (TPSA) is 112 Å². The van der Waals surface area contributed by atoms with Crippen molar-refractivity contribution in [2.75, 3.05) is 19.1 Å². The summed E-state index contributed by atoms with van der Waals surface area (Å²) in [5, 5.41) is 13.5. The second-order valence-electron chi connectivity index (χ2n) is 6.24. The summed E-state index contributed by atoms with van der Waals surface area (Å²) in [5.41, 5.74) is 3.85. The number of H-pyrrole nitrogens is 1. The lowest BCUT2D eigenvalue weighted by molar-refractivity contribution is 0.294. The molecule has 2 aromatic carbocycles. The molecule has 0 radical (unpaired) electrons. The van der Waals surface area contributed by atoms with Crippen LogP contribution < -0.4 is 20.5 Å². The van der Waals surface area contributed by atoms with Gasteiger partial charge in [0, 0.05) is 5.56 Å². The quantitative estimate of drug-likeness (QED) is 0.439. The number of methoxy groups -OCH3 is 1. The van der Waals surface area contributed by atoms with Crippen molar-refractivity contribution in [3.63, 3.8) is 0 Å². The Balaban J connectivity index is 1.84. The van der Waals surface area contributed by atoms with E-state index in [0.29, 0.717) is 29.4 Å². The van der Waals surface area contributed by atoms with Gasteiger partial charge in [0.05, 0.1) is 25.6 Å². The van der Waals surface area contributed by atoms with Gasteiger partial charge in [-0.1, -0.05) is 37.3 Å². The molecule has 0 saturated heterocycles. The van der Waals surface area contributed by atoms with Gasteiger partial charge in [0.15, 0.2) is 11.5 Å². The van der Waals surface area contributed by atoms with Gasteiger partial charge in [-0.25, -0.2) is 10.4 Å². The van der Waals surface area contributed by atoms with Gasteiger partial charge in [-0.15, -0.1) is 0 Å². The van der Waals surface area contributed by atoms with Gasteiger partial charge in [-0.3, -0.25) is 9.78 Å². The Morgan fingerprint density at radius 3 is 2.73 bits per heavy atom. The largest absolute Gasteiger partial charge is 0.493 e. The molecule has 3 aromatic rings. The third kappa shape index (κ3) is 4.83. The molecule has 0 fully saturated rings. The fourth-order valence-corrected chi connectivity index (χ4v) is 2.70. The van der Waals surface area contributed by atoms with Gasteiger partial charge >= 0.3 is 0 Å². The molecule has 1 heterocycles. The molecule has 0 saturated carbocycles. The van der Waals surface area contributed by atoms with E-state index in [1.807, 2.05) is 43.3 Å². The highest BCUT2D eigenvalue weighted by Crippen LogP contribution is 2.27. The molecule has 0 aliphatic rings. The van der Waals surface area contributed by atoms with Crippen molar-refractivity contribution in [2.24, 2.45) is 5.10 Å². The standard InChI is InChI=1S/C22H21N5O3/c1-3-11-30-19-12-15(9-10-18(19)29-2)14-24-27-22-25-20(16-7-5-4-6-8-16)17(13-23)21(28)26-22/h4-10,12,14H,3,11H2,1-2H3,(H2,25,26,27,28). The van der Waals surface area contributed by atoms with Crippen molar-refractivity contribution in [2.45, 2.75) is 13.3 Å². The molecular weight excluding hydrogens is 382 g/mol. The van der Waals surface area contributed by atoms with Crippen LogP contribution in [0.4, 0.5) is 5.95 Å². The van der Waals surface area contributed by atoms with Gasteiger partial charge in [0.2, 0.25) is 5.95 Å². The van der Waals surface area contributed by atoms with Gasteiger partial charge < -0.3 is 9.47 Å². The number of benzene rings is 2. The highest BCUT2D eigenvalue weighted by Gasteiger charge is 2.12. The molecule has 1 aromatic heterocycles. The molecule has 0 aliphatic carbocycles. The maximum absolute atomic E-state index is 12.3. The molecule has 30 heavy (non-hydrogen) atoms. The van der Waals surface area contributed by atoms with E-state index in [9.17, 15) is 10.1 Å². The Morgan fingerprint density at radius 2 is 2.03 bits per heavy atom. The summed E-state index contributed by atoms with van der Waals surface area (Å²) >= 11 is 0. The van der Waals surface area contributed by atoms with Crippen LogP contribution in [0, 0.1) is 11.3 Å². The second kappa shape index (κ2) is 9.89. The number of aromatic nitrogens is 2. The van der Waals surface area contributed by atoms with E-state index in [1.165, 1.54) is 0 Å². The summed E-state index contributed by atoms with van der Waals surface area (Å²) in [5.74, 6) is 1.39. The summed E-state index contributed by atoms with van der Waals surface area (Å²) in [7, 11) is 1.58. The first-order chi connectivity index (χ1) is 14.7. The molecule has 8 heteroatoms. The van der Waals surface area contributed by atoms with Gasteiger partial charge in [-0.2, -0.15) is 10.4 Å². The van der Waals surface area contributed by atoms with E-state index in [4.69, 9.17) is 9.47 Å². The summed E-state index contributed by atoms with van der Waals surface area (Å²) in [4.78, 5) is 19.1. The van der Waals surface area contributed by atoms with E-state index in [0.717, 1.165) is 12.0 Å². The smallest absolute Gasteiger partial charge is 0.270 e. The summed E-state index contributed by atoms with van der Waals surface area (Å²) in [6.07, 6.45) is 2.45. The third-order valence-electron chi connectivity index (χ3n) is 4.11. The Hall–Kier alpha value is -4.12. The molecule has 0 unspecified atom stereocenters. The van der Waals surface area contributed by atoms with Crippen molar-refractivity contribution in [1.29, 1.82) is 5.26 Å². The molecule has 0 aliphatic heterocycles. The normalized spacial score (nSPS) is 10.6. The first kappa shape index (κ1) is 20.6. The lowest BCUT2D eigenvalue weighted by atomic mass is 10.1. The van der Waals surface area contributed by atoms with E-state index in [-0.39, 0.29) is 11.5 Å². The van der Waals surface area contributed by atoms with Crippen LogP contribution in [0.5, 0.6) is 11.5 Å². The molecule has 0 bridgehead atoms. The molecule has 152 valence electrons. The molecule has 0 amide bonds. The Kier molecular flexibility index (Phi) is 6.79. The van der Waals surface area contributed by atoms with E-state index >= 15 is 0 Å². The van der Waals surface area contributed by atoms with Gasteiger partial charge in [0.1, 0.15) is 11.6 Å².